The number of thioether (sulfide) groups is 1. The van der Waals surface area contributed by atoms with Crippen LogP contribution in [0.4, 0.5) is 0 Å². The van der Waals surface area contributed by atoms with Gasteiger partial charge in [-0.15, -0.1) is 23.1 Å². The summed E-state index contributed by atoms with van der Waals surface area (Å²) in [5.74, 6) is -0.274. The van der Waals surface area contributed by atoms with Crippen molar-refractivity contribution in [3.05, 3.63) is 69.0 Å². The zero-order valence-electron chi connectivity index (χ0n) is 16.9. The Labute approximate surface area is 198 Å². The molecule has 4 aliphatic rings. The number of rotatable bonds is 2. The molecule has 32 heavy (non-hydrogen) atoms. The average molecular weight is 478 g/mol. The van der Waals surface area contributed by atoms with E-state index in [0.717, 1.165) is 15.4 Å². The molecule has 2 aliphatic heterocycles. The number of fused-ring (bicyclic) bond motifs is 9. The van der Waals surface area contributed by atoms with Crippen LogP contribution in [0, 0.1) is 33.5 Å². The van der Waals surface area contributed by atoms with Crippen LogP contribution in [0.25, 0.3) is 11.1 Å². The minimum absolute atomic E-state index is 0.179. The zero-order valence-corrected chi connectivity index (χ0v) is 19.3. The Morgan fingerprint density at radius 1 is 0.906 bits per heavy atom. The molecule has 2 saturated carbocycles. The summed E-state index contributed by atoms with van der Waals surface area (Å²) >= 11 is 9.00. The van der Waals surface area contributed by atoms with Gasteiger partial charge in [0.25, 0.3) is 0 Å². The maximum absolute atomic E-state index is 12.6. The Kier molecular flexibility index (Phi) is 4.15. The second kappa shape index (κ2) is 6.89. The molecular formula is C25H19NO3S3. The lowest BCUT2D eigenvalue weighted by atomic mass is 9.68. The molecule has 2 bridgehead atoms. The number of nitrogens with one attached hydrogen (secondary N) is 1. The van der Waals surface area contributed by atoms with E-state index in [4.69, 9.17) is 17.0 Å². The van der Waals surface area contributed by atoms with Gasteiger partial charge in [0, 0.05) is 16.0 Å². The fourth-order valence-corrected chi connectivity index (χ4v) is 10.0. The van der Waals surface area contributed by atoms with Gasteiger partial charge >= 0.3 is 11.9 Å². The summed E-state index contributed by atoms with van der Waals surface area (Å²) in [4.78, 5) is 29.7. The molecule has 7 rings (SSSR count). The molecule has 7 unspecified atom stereocenters. The van der Waals surface area contributed by atoms with Gasteiger partial charge in [0.05, 0.1) is 16.9 Å². The highest BCUT2D eigenvalue weighted by atomic mass is 32.2. The SMILES string of the molecule is O=C1OC(=O)C2C3CC(C4Sc5[nH]c(=S)sc5C(c5ccc(-c6ccccc6)cc5)C34)C12. The number of ether oxygens (including phenoxy) is 1. The van der Waals surface area contributed by atoms with Crippen molar-refractivity contribution in [2.24, 2.45) is 29.6 Å². The van der Waals surface area contributed by atoms with E-state index in [0.29, 0.717) is 11.2 Å². The molecule has 4 nitrogen and oxygen atoms in total. The number of carbonyl (C=O) groups excluding carboxylic acids is 2. The number of benzene rings is 2. The summed E-state index contributed by atoms with van der Waals surface area (Å²) in [6, 6.07) is 19.2. The third-order valence-corrected chi connectivity index (χ3v) is 10.8. The molecule has 0 amide bonds. The summed E-state index contributed by atoms with van der Waals surface area (Å²) in [5.41, 5.74) is 3.65. The normalized spacial score (nSPS) is 34.2. The lowest BCUT2D eigenvalue weighted by Crippen LogP contribution is -2.42. The third-order valence-electron chi connectivity index (χ3n) is 7.84. The van der Waals surface area contributed by atoms with E-state index in [2.05, 4.69) is 53.5 Å². The van der Waals surface area contributed by atoms with Gasteiger partial charge in [0.2, 0.25) is 0 Å². The van der Waals surface area contributed by atoms with E-state index in [1.807, 2.05) is 17.8 Å². The lowest BCUT2D eigenvalue weighted by molar-refractivity contribution is -0.154. The van der Waals surface area contributed by atoms with E-state index in [1.165, 1.54) is 21.6 Å². The van der Waals surface area contributed by atoms with Crippen LogP contribution in [0.1, 0.15) is 22.8 Å². The first-order valence-electron chi connectivity index (χ1n) is 10.9. The number of carbonyl (C=O) groups is 2. The largest absolute Gasteiger partial charge is 0.393 e. The molecule has 1 N–H and O–H groups in total. The number of aromatic nitrogens is 1. The van der Waals surface area contributed by atoms with Gasteiger partial charge in [-0.2, -0.15) is 0 Å². The van der Waals surface area contributed by atoms with Crippen LogP contribution < -0.4 is 0 Å². The Morgan fingerprint density at radius 2 is 1.59 bits per heavy atom. The van der Waals surface area contributed by atoms with Gasteiger partial charge in [-0.05, 0) is 53.1 Å². The van der Waals surface area contributed by atoms with Crippen LogP contribution in [0.5, 0.6) is 0 Å². The fourth-order valence-electron chi connectivity index (χ4n) is 6.70. The predicted molar refractivity (Wildman–Crippen MR) is 126 cm³/mol. The lowest BCUT2D eigenvalue weighted by Gasteiger charge is -2.42. The van der Waals surface area contributed by atoms with Crippen LogP contribution in [-0.2, 0) is 14.3 Å². The Hall–Kier alpha value is -2.22. The van der Waals surface area contributed by atoms with E-state index >= 15 is 0 Å². The predicted octanol–water partition coefficient (Wildman–Crippen LogP) is 5.66. The Bertz CT molecular complexity index is 1310. The number of H-pyrrole nitrogens is 1. The minimum atomic E-state index is -0.306. The highest BCUT2D eigenvalue weighted by Crippen LogP contribution is 2.68. The second-order valence-corrected chi connectivity index (χ2v) is 12.1. The standard InChI is InChI=1S/C25H19NO3S3/c27-23-18-14-10-15(19(18)24(28)29-23)20-17(14)16(21-22(31-20)26-25(30)32-21)13-8-6-12(7-9-13)11-4-2-1-3-5-11/h1-9,14-20H,10H2,(H,26,30). The summed E-state index contributed by atoms with van der Waals surface area (Å²) < 4.78 is 5.88. The van der Waals surface area contributed by atoms with Gasteiger partial charge in [0.1, 0.15) is 0 Å². The van der Waals surface area contributed by atoms with Crippen molar-refractivity contribution in [1.82, 2.24) is 4.98 Å². The molecule has 1 saturated heterocycles. The maximum atomic E-state index is 12.6. The summed E-state index contributed by atoms with van der Waals surface area (Å²) in [6.45, 7) is 0. The van der Waals surface area contributed by atoms with Crippen LogP contribution in [0.3, 0.4) is 0 Å². The molecule has 3 heterocycles. The number of esters is 2. The van der Waals surface area contributed by atoms with E-state index in [1.54, 1.807) is 11.3 Å². The van der Waals surface area contributed by atoms with Gasteiger partial charge < -0.3 is 9.72 Å². The van der Waals surface area contributed by atoms with E-state index in [9.17, 15) is 9.59 Å². The maximum Gasteiger partial charge on any atom is 0.317 e. The molecule has 2 aromatic carbocycles. The molecule has 0 spiro atoms. The third kappa shape index (κ3) is 2.59. The molecule has 2 aliphatic carbocycles. The molecule has 160 valence electrons. The number of hydrogen-bond acceptors (Lipinski definition) is 6. The van der Waals surface area contributed by atoms with Crippen molar-refractivity contribution in [1.29, 1.82) is 0 Å². The average Bonchev–Trinajstić information content (AvgIpc) is 3.54. The highest BCUT2D eigenvalue weighted by molar-refractivity contribution is 8.00. The zero-order chi connectivity index (χ0) is 21.6. The van der Waals surface area contributed by atoms with Crippen molar-refractivity contribution >= 4 is 47.3 Å². The Morgan fingerprint density at radius 3 is 2.34 bits per heavy atom. The monoisotopic (exact) mass is 477 g/mol. The molecule has 7 atom stereocenters. The smallest absolute Gasteiger partial charge is 0.317 e. The topological polar surface area (TPSA) is 59.2 Å². The van der Waals surface area contributed by atoms with Crippen molar-refractivity contribution in [2.45, 2.75) is 22.6 Å². The van der Waals surface area contributed by atoms with Crippen LogP contribution in [0.2, 0.25) is 0 Å². The van der Waals surface area contributed by atoms with Gasteiger partial charge in [-0.25, -0.2) is 0 Å². The number of hydrogen-bond donors (Lipinski definition) is 1. The molecular weight excluding hydrogens is 458 g/mol. The summed E-state index contributed by atoms with van der Waals surface area (Å²) in [5, 5.41) is 1.44. The minimum Gasteiger partial charge on any atom is -0.393 e. The molecule has 7 heteroatoms. The number of aromatic amines is 1. The molecule has 3 aromatic rings. The van der Waals surface area contributed by atoms with Crippen molar-refractivity contribution in [3.63, 3.8) is 0 Å². The van der Waals surface area contributed by atoms with E-state index < -0.39 is 0 Å². The van der Waals surface area contributed by atoms with Crippen molar-refractivity contribution in [2.75, 3.05) is 0 Å². The van der Waals surface area contributed by atoms with Crippen LogP contribution in [0.15, 0.2) is 59.6 Å². The van der Waals surface area contributed by atoms with Crippen molar-refractivity contribution < 1.29 is 14.3 Å². The summed E-state index contributed by atoms with van der Waals surface area (Å²) in [7, 11) is 0. The number of thiazole rings is 1. The second-order valence-electron chi connectivity index (χ2n) is 9.19. The van der Waals surface area contributed by atoms with E-state index in [-0.39, 0.29) is 41.5 Å². The summed E-state index contributed by atoms with van der Waals surface area (Å²) in [6.07, 6.45) is 0.937. The van der Waals surface area contributed by atoms with Gasteiger partial charge in [-0.3, -0.25) is 9.59 Å². The fraction of sp³-hybridized carbons (Fsp3) is 0.320. The highest BCUT2D eigenvalue weighted by Gasteiger charge is 2.69. The first-order valence-corrected chi connectivity index (χ1v) is 13.0. The van der Waals surface area contributed by atoms with Gasteiger partial charge in [-0.1, -0.05) is 54.6 Å². The molecule has 1 aromatic heterocycles. The van der Waals surface area contributed by atoms with Crippen molar-refractivity contribution in [3.8, 4) is 11.1 Å². The quantitative estimate of drug-likeness (QED) is 0.293. The Balaban J connectivity index is 1.33. The molecule has 0 radical (unpaired) electrons. The van der Waals surface area contributed by atoms with Crippen LogP contribution in [-0.4, -0.2) is 22.2 Å². The first-order chi connectivity index (χ1) is 15.6. The number of cyclic esters (lactones) is 2. The van der Waals surface area contributed by atoms with Crippen LogP contribution >= 0.6 is 35.3 Å². The van der Waals surface area contributed by atoms with Gasteiger partial charge in [0.15, 0.2) is 3.95 Å². The first kappa shape index (κ1) is 19.3. The molecule has 3 fully saturated rings.